The van der Waals surface area contributed by atoms with Crippen LogP contribution in [0.2, 0.25) is 0 Å². The van der Waals surface area contributed by atoms with E-state index >= 15 is 0 Å². The Balaban J connectivity index is 3.03. The van der Waals surface area contributed by atoms with Crippen LogP contribution in [-0.2, 0) is 17.4 Å². The number of carboxylic acids is 1. The van der Waals surface area contributed by atoms with E-state index in [-0.39, 0.29) is 12.0 Å². The quantitative estimate of drug-likeness (QED) is 0.837. The van der Waals surface area contributed by atoms with E-state index in [1.807, 2.05) is 0 Å². The number of halogens is 4. The van der Waals surface area contributed by atoms with Crippen LogP contribution >= 0.6 is 0 Å². The van der Waals surface area contributed by atoms with Gasteiger partial charge in [0.2, 0.25) is 0 Å². The molecule has 0 spiro atoms. The summed E-state index contributed by atoms with van der Waals surface area (Å²) in [6, 6.07) is 1.98. The Morgan fingerprint density at radius 1 is 1.41 bits per heavy atom. The molecular weight excluding hydrogens is 240 g/mol. The lowest BCUT2D eigenvalue weighted by Gasteiger charge is -2.11. The van der Waals surface area contributed by atoms with E-state index in [1.54, 1.807) is 0 Å². The van der Waals surface area contributed by atoms with Crippen LogP contribution in [0, 0.1) is 11.7 Å². The Morgan fingerprint density at radius 3 is 2.47 bits per heavy atom. The standard InChI is InChI=1S/C11H10F4O2/c1-6(10(16)17)4-7-5-8(11(13,14)15)2-3-9(7)12/h2-3,5-6H,4H2,1H3,(H,16,17). The van der Waals surface area contributed by atoms with Crippen molar-refractivity contribution < 1.29 is 27.5 Å². The molecule has 94 valence electrons. The largest absolute Gasteiger partial charge is 0.481 e. The molecular formula is C11H10F4O2. The minimum Gasteiger partial charge on any atom is -0.481 e. The molecule has 0 fully saturated rings. The molecule has 1 aromatic rings. The average molecular weight is 250 g/mol. The number of aliphatic carboxylic acids is 1. The number of alkyl halides is 3. The molecule has 6 heteroatoms. The summed E-state index contributed by atoms with van der Waals surface area (Å²) in [6.45, 7) is 1.31. The van der Waals surface area contributed by atoms with Crippen molar-refractivity contribution in [2.45, 2.75) is 19.5 Å². The first-order chi connectivity index (χ1) is 7.71. The fourth-order valence-electron chi connectivity index (χ4n) is 1.32. The second-order valence-electron chi connectivity index (χ2n) is 3.75. The SMILES string of the molecule is CC(Cc1cc(C(F)(F)F)ccc1F)C(=O)O. The third-order valence-corrected chi connectivity index (χ3v) is 2.32. The zero-order valence-electron chi connectivity index (χ0n) is 8.88. The molecule has 1 atom stereocenters. The summed E-state index contributed by atoms with van der Waals surface area (Å²) in [5.41, 5.74) is -1.22. The number of hydrogen-bond acceptors (Lipinski definition) is 1. The maximum absolute atomic E-state index is 13.2. The van der Waals surface area contributed by atoms with Crippen LogP contribution < -0.4 is 0 Å². The summed E-state index contributed by atoms with van der Waals surface area (Å²) in [5, 5.41) is 8.62. The number of benzene rings is 1. The summed E-state index contributed by atoms with van der Waals surface area (Å²) < 4.78 is 50.3. The van der Waals surface area contributed by atoms with E-state index in [0.717, 1.165) is 0 Å². The summed E-state index contributed by atoms with van der Waals surface area (Å²) in [7, 11) is 0. The first-order valence-corrected chi connectivity index (χ1v) is 4.80. The average Bonchev–Trinajstić information content (AvgIpc) is 2.19. The van der Waals surface area contributed by atoms with Crippen LogP contribution in [0.1, 0.15) is 18.1 Å². The Bertz CT molecular complexity index is 426. The minimum atomic E-state index is -4.56. The third-order valence-electron chi connectivity index (χ3n) is 2.32. The summed E-state index contributed by atoms with van der Waals surface area (Å²) in [4.78, 5) is 10.6. The molecule has 0 saturated carbocycles. The first-order valence-electron chi connectivity index (χ1n) is 4.80. The zero-order valence-corrected chi connectivity index (χ0v) is 8.88. The van der Waals surface area contributed by atoms with Crippen molar-refractivity contribution in [1.82, 2.24) is 0 Å². The molecule has 0 aromatic heterocycles. The van der Waals surface area contributed by atoms with E-state index < -0.39 is 29.4 Å². The van der Waals surface area contributed by atoms with E-state index in [4.69, 9.17) is 5.11 Å². The van der Waals surface area contributed by atoms with E-state index in [0.29, 0.717) is 18.2 Å². The maximum Gasteiger partial charge on any atom is 0.416 e. The van der Waals surface area contributed by atoms with Crippen molar-refractivity contribution in [3.63, 3.8) is 0 Å². The van der Waals surface area contributed by atoms with Gasteiger partial charge in [0.25, 0.3) is 0 Å². The van der Waals surface area contributed by atoms with Crippen LogP contribution in [0.4, 0.5) is 17.6 Å². The third kappa shape index (κ3) is 3.44. The molecule has 2 nitrogen and oxygen atoms in total. The van der Waals surface area contributed by atoms with Gasteiger partial charge < -0.3 is 5.11 Å². The summed E-state index contributed by atoms with van der Waals surface area (Å²) >= 11 is 0. The van der Waals surface area contributed by atoms with Gasteiger partial charge in [0.05, 0.1) is 11.5 Å². The van der Waals surface area contributed by atoms with Gasteiger partial charge in [0, 0.05) is 0 Å². The van der Waals surface area contributed by atoms with Gasteiger partial charge in [-0.3, -0.25) is 4.79 Å². The Kier molecular flexibility index (Phi) is 3.75. The highest BCUT2D eigenvalue weighted by molar-refractivity contribution is 5.69. The fourth-order valence-corrected chi connectivity index (χ4v) is 1.32. The van der Waals surface area contributed by atoms with E-state index in [1.165, 1.54) is 6.92 Å². The summed E-state index contributed by atoms with van der Waals surface area (Å²) in [6.07, 6.45) is -4.83. The minimum absolute atomic E-state index is 0.241. The van der Waals surface area contributed by atoms with Crippen molar-refractivity contribution in [2.75, 3.05) is 0 Å². The number of carboxylic acid groups (broad SMARTS) is 1. The highest BCUT2D eigenvalue weighted by atomic mass is 19.4. The number of carbonyl (C=O) groups is 1. The van der Waals surface area contributed by atoms with Gasteiger partial charge >= 0.3 is 12.1 Å². The number of hydrogen-bond donors (Lipinski definition) is 1. The molecule has 1 rings (SSSR count). The second kappa shape index (κ2) is 4.73. The first kappa shape index (κ1) is 13.5. The van der Waals surface area contributed by atoms with Gasteiger partial charge in [0.15, 0.2) is 0 Å². The molecule has 0 aliphatic rings. The molecule has 17 heavy (non-hydrogen) atoms. The van der Waals surface area contributed by atoms with Crippen molar-refractivity contribution in [3.8, 4) is 0 Å². The van der Waals surface area contributed by atoms with Gasteiger partial charge in [-0.25, -0.2) is 4.39 Å². The smallest absolute Gasteiger partial charge is 0.416 e. The normalized spacial score (nSPS) is 13.5. The topological polar surface area (TPSA) is 37.3 Å². The lowest BCUT2D eigenvalue weighted by molar-refractivity contribution is -0.141. The van der Waals surface area contributed by atoms with Crippen LogP contribution in [-0.4, -0.2) is 11.1 Å². The van der Waals surface area contributed by atoms with Gasteiger partial charge in [0.1, 0.15) is 5.82 Å². The highest BCUT2D eigenvalue weighted by Gasteiger charge is 2.31. The van der Waals surface area contributed by atoms with Crippen LogP contribution in [0.5, 0.6) is 0 Å². The lowest BCUT2D eigenvalue weighted by atomic mass is 9.99. The van der Waals surface area contributed by atoms with Crippen molar-refractivity contribution in [2.24, 2.45) is 5.92 Å². The van der Waals surface area contributed by atoms with Gasteiger partial charge in [-0.2, -0.15) is 13.2 Å². The zero-order chi connectivity index (χ0) is 13.2. The van der Waals surface area contributed by atoms with E-state index in [9.17, 15) is 22.4 Å². The summed E-state index contributed by atoms with van der Waals surface area (Å²) in [5.74, 6) is -2.94. The molecule has 1 N–H and O–H groups in total. The molecule has 0 aliphatic carbocycles. The Labute approximate surface area is 94.9 Å². The monoisotopic (exact) mass is 250 g/mol. The van der Waals surface area contributed by atoms with Gasteiger partial charge in [-0.15, -0.1) is 0 Å². The molecule has 0 aliphatic heterocycles. The van der Waals surface area contributed by atoms with Crippen molar-refractivity contribution in [1.29, 1.82) is 0 Å². The Hall–Kier alpha value is -1.59. The molecule has 0 saturated heterocycles. The molecule has 0 radical (unpaired) electrons. The Morgan fingerprint density at radius 2 is 2.00 bits per heavy atom. The fraction of sp³-hybridized carbons (Fsp3) is 0.364. The predicted molar refractivity (Wildman–Crippen MR) is 51.9 cm³/mol. The number of rotatable bonds is 3. The predicted octanol–water partition coefficient (Wildman–Crippen LogP) is 3.11. The second-order valence-corrected chi connectivity index (χ2v) is 3.75. The van der Waals surface area contributed by atoms with Crippen molar-refractivity contribution >= 4 is 5.97 Å². The molecule has 0 amide bonds. The van der Waals surface area contributed by atoms with Gasteiger partial charge in [-0.1, -0.05) is 6.92 Å². The van der Waals surface area contributed by atoms with Crippen LogP contribution in [0.15, 0.2) is 18.2 Å². The van der Waals surface area contributed by atoms with Crippen LogP contribution in [0.25, 0.3) is 0 Å². The van der Waals surface area contributed by atoms with E-state index in [2.05, 4.69) is 0 Å². The van der Waals surface area contributed by atoms with Gasteiger partial charge in [-0.05, 0) is 30.2 Å². The maximum atomic E-state index is 13.2. The molecule has 1 unspecified atom stereocenters. The molecule has 1 aromatic carbocycles. The molecule has 0 bridgehead atoms. The highest BCUT2D eigenvalue weighted by Crippen LogP contribution is 2.30. The van der Waals surface area contributed by atoms with Crippen LogP contribution in [0.3, 0.4) is 0 Å². The van der Waals surface area contributed by atoms with Crippen molar-refractivity contribution in [3.05, 3.63) is 35.1 Å². The molecule has 0 heterocycles. The lowest BCUT2D eigenvalue weighted by Crippen LogP contribution is -2.14.